The lowest BCUT2D eigenvalue weighted by atomic mass is 9.97. The number of piperidine rings is 1. The van der Waals surface area contributed by atoms with Crippen molar-refractivity contribution in [2.45, 2.75) is 19.8 Å². The normalized spacial score (nSPS) is 16.6. The minimum absolute atomic E-state index is 0.132. The van der Waals surface area contributed by atoms with Crippen molar-refractivity contribution < 1.29 is 4.79 Å². The molecule has 1 N–H and O–H groups in total. The first kappa shape index (κ1) is 13.1. The highest BCUT2D eigenvalue weighted by Gasteiger charge is 2.15. The monoisotopic (exact) mass is 246 g/mol. The fourth-order valence-electron chi connectivity index (χ4n) is 2.52. The number of ketones is 1. The molecule has 1 heterocycles. The van der Waals surface area contributed by atoms with Crippen LogP contribution in [0.4, 0.5) is 5.69 Å². The molecule has 0 bridgehead atoms. The molecule has 1 aliphatic rings. The Morgan fingerprint density at radius 3 is 2.78 bits per heavy atom. The predicted molar refractivity (Wildman–Crippen MR) is 75.3 cm³/mol. The molecule has 0 atom stereocenters. The Labute approximate surface area is 109 Å². The van der Waals surface area contributed by atoms with Crippen molar-refractivity contribution in [2.24, 2.45) is 5.92 Å². The molecule has 18 heavy (non-hydrogen) atoms. The highest BCUT2D eigenvalue weighted by Crippen LogP contribution is 2.19. The van der Waals surface area contributed by atoms with Crippen molar-refractivity contribution in [1.82, 2.24) is 5.32 Å². The standard InChI is InChI=1S/C15H22N2O/c1-12(18)14-4-3-5-15(10-14)17(2)11-13-6-8-16-9-7-13/h3-5,10,13,16H,6-9,11H2,1-2H3. The molecule has 3 heteroatoms. The van der Waals surface area contributed by atoms with Crippen LogP contribution in [0.3, 0.4) is 0 Å². The second-order valence-electron chi connectivity index (χ2n) is 5.18. The summed E-state index contributed by atoms with van der Waals surface area (Å²) in [6.45, 7) is 4.95. The van der Waals surface area contributed by atoms with Gasteiger partial charge in [-0.3, -0.25) is 4.79 Å². The van der Waals surface area contributed by atoms with E-state index in [4.69, 9.17) is 0 Å². The number of rotatable bonds is 4. The van der Waals surface area contributed by atoms with Gasteiger partial charge >= 0.3 is 0 Å². The number of hydrogen-bond donors (Lipinski definition) is 1. The van der Waals surface area contributed by atoms with Crippen molar-refractivity contribution in [3.05, 3.63) is 29.8 Å². The zero-order chi connectivity index (χ0) is 13.0. The number of carbonyl (C=O) groups excluding carboxylic acids is 1. The van der Waals surface area contributed by atoms with Crippen LogP contribution in [0.1, 0.15) is 30.1 Å². The topological polar surface area (TPSA) is 32.3 Å². The lowest BCUT2D eigenvalue weighted by Gasteiger charge is -2.29. The smallest absolute Gasteiger partial charge is 0.159 e. The molecule has 0 aliphatic carbocycles. The Hall–Kier alpha value is -1.35. The van der Waals surface area contributed by atoms with E-state index in [0.717, 1.165) is 36.8 Å². The molecule has 98 valence electrons. The van der Waals surface area contributed by atoms with Gasteiger partial charge in [0.15, 0.2) is 5.78 Å². The highest BCUT2D eigenvalue weighted by atomic mass is 16.1. The van der Waals surface area contributed by atoms with Crippen LogP contribution >= 0.6 is 0 Å². The molecule has 3 nitrogen and oxygen atoms in total. The molecule has 1 saturated heterocycles. The molecule has 1 aliphatic heterocycles. The SMILES string of the molecule is CC(=O)c1cccc(N(C)CC2CCNCC2)c1. The van der Waals surface area contributed by atoms with E-state index in [1.807, 2.05) is 18.2 Å². The molecule has 1 aromatic carbocycles. The average Bonchev–Trinajstić information content (AvgIpc) is 2.40. The summed E-state index contributed by atoms with van der Waals surface area (Å²) >= 11 is 0. The maximum Gasteiger partial charge on any atom is 0.159 e. The summed E-state index contributed by atoms with van der Waals surface area (Å²) in [5, 5.41) is 3.39. The van der Waals surface area contributed by atoms with Gasteiger partial charge in [0.1, 0.15) is 0 Å². The molecule has 2 rings (SSSR count). The summed E-state index contributed by atoms with van der Waals surface area (Å²) in [5.41, 5.74) is 1.94. The van der Waals surface area contributed by atoms with Gasteiger partial charge in [-0.25, -0.2) is 0 Å². The largest absolute Gasteiger partial charge is 0.374 e. The Morgan fingerprint density at radius 1 is 1.39 bits per heavy atom. The van der Waals surface area contributed by atoms with Gasteiger partial charge in [-0.2, -0.15) is 0 Å². The molecule has 1 fully saturated rings. The molecule has 1 aromatic rings. The van der Waals surface area contributed by atoms with Crippen LogP contribution in [0.2, 0.25) is 0 Å². The maximum absolute atomic E-state index is 11.4. The summed E-state index contributed by atoms with van der Waals surface area (Å²) < 4.78 is 0. The number of Topliss-reactive ketones (excluding diaryl/α,β-unsaturated/α-hetero) is 1. The van der Waals surface area contributed by atoms with E-state index in [1.54, 1.807) is 6.92 Å². The van der Waals surface area contributed by atoms with Crippen molar-refractivity contribution in [3.63, 3.8) is 0 Å². The Morgan fingerprint density at radius 2 is 2.11 bits per heavy atom. The molecular weight excluding hydrogens is 224 g/mol. The molecule has 0 radical (unpaired) electrons. The third kappa shape index (κ3) is 3.33. The van der Waals surface area contributed by atoms with E-state index in [0.29, 0.717) is 0 Å². The first-order chi connectivity index (χ1) is 8.66. The van der Waals surface area contributed by atoms with Gasteiger partial charge in [0.05, 0.1) is 0 Å². The first-order valence-electron chi connectivity index (χ1n) is 6.69. The van der Waals surface area contributed by atoms with E-state index < -0.39 is 0 Å². The fourth-order valence-corrected chi connectivity index (χ4v) is 2.52. The minimum atomic E-state index is 0.132. The van der Waals surface area contributed by atoms with Crippen LogP contribution in [0.5, 0.6) is 0 Å². The fraction of sp³-hybridized carbons (Fsp3) is 0.533. The van der Waals surface area contributed by atoms with E-state index >= 15 is 0 Å². The van der Waals surface area contributed by atoms with Crippen LogP contribution in [-0.4, -0.2) is 32.5 Å². The molecule has 0 unspecified atom stereocenters. The van der Waals surface area contributed by atoms with E-state index in [1.165, 1.54) is 12.8 Å². The lowest BCUT2D eigenvalue weighted by molar-refractivity contribution is 0.101. The number of anilines is 1. The number of nitrogens with zero attached hydrogens (tertiary/aromatic N) is 1. The Bertz CT molecular complexity index is 411. The lowest BCUT2D eigenvalue weighted by Crippen LogP contribution is -2.34. The van der Waals surface area contributed by atoms with Gasteiger partial charge in [-0.05, 0) is 50.9 Å². The first-order valence-corrected chi connectivity index (χ1v) is 6.69. The van der Waals surface area contributed by atoms with Gasteiger partial charge in [0, 0.05) is 24.8 Å². The van der Waals surface area contributed by atoms with E-state index in [2.05, 4.69) is 23.3 Å². The zero-order valence-corrected chi connectivity index (χ0v) is 11.3. The van der Waals surface area contributed by atoms with Crippen LogP contribution in [0.25, 0.3) is 0 Å². The van der Waals surface area contributed by atoms with Crippen LogP contribution in [-0.2, 0) is 0 Å². The van der Waals surface area contributed by atoms with Gasteiger partial charge in [0.2, 0.25) is 0 Å². The quantitative estimate of drug-likeness (QED) is 0.828. The van der Waals surface area contributed by atoms with Gasteiger partial charge < -0.3 is 10.2 Å². The zero-order valence-electron chi connectivity index (χ0n) is 11.3. The van der Waals surface area contributed by atoms with Crippen molar-refractivity contribution in [2.75, 3.05) is 31.6 Å². The Kier molecular flexibility index (Phi) is 4.37. The minimum Gasteiger partial charge on any atom is -0.374 e. The van der Waals surface area contributed by atoms with Gasteiger partial charge in [-0.1, -0.05) is 12.1 Å². The maximum atomic E-state index is 11.4. The number of hydrogen-bond acceptors (Lipinski definition) is 3. The summed E-state index contributed by atoms with van der Waals surface area (Å²) in [5.74, 6) is 0.893. The molecule has 0 saturated carbocycles. The summed E-state index contributed by atoms with van der Waals surface area (Å²) in [7, 11) is 2.11. The van der Waals surface area contributed by atoms with E-state index in [9.17, 15) is 4.79 Å². The van der Waals surface area contributed by atoms with Crippen LogP contribution in [0, 0.1) is 5.92 Å². The summed E-state index contributed by atoms with van der Waals surface area (Å²) in [6.07, 6.45) is 2.49. The third-order valence-electron chi connectivity index (χ3n) is 3.68. The second-order valence-corrected chi connectivity index (χ2v) is 5.18. The van der Waals surface area contributed by atoms with Gasteiger partial charge in [-0.15, -0.1) is 0 Å². The predicted octanol–water partition coefficient (Wildman–Crippen LogP) is 2.33. The van der Waals surface area contributed by atoms with Crippen molar-refractivity contribution >= 4 is 11.5 Å². The summed E-state index contributed by atoms with van der Waals surface area (Å²) in [4.78, 5) is 13.6. The van der Waals surface area contributed by atoms with Crippen molar-refractivity contribution in [3.8, 4) is 0 Å². The summed E-state index contributed by atoms with van der Waals surface area (Å²) in [6, 6.07) is 7.91. The molecule has 0 aromatic heterocycles. The van der Waals surface area contributed by atoms with E-state index in [-0.39, 0.29) is 5.78 Å². The van der Waals surface area contributed by atoms with Gasteiger partial charge in [0.25, 0.3) is 0 Å². The average molecular weight is 246 g/mol. The second kappa shape index (κ2) is 6.01. The molecular formula is C15H22N2O. The molecule has 0 spiro atoms. The highest BCUT2D eigenvalue weighted by molar-refractivity contribution is 5.94. The van der Waals surface area contributed by atoms with Crippen LogP contribution in [0.15, 0.2) is 24.3 Å². The Balaban J connectivity index is 2.01. The van der Waals surface area contributed by atoms with Crippen molar-refractivity contribution in [1.29, 1.82) is 0 Å². The number of nitrogens with one attached hydrogen (secondary N) is 1. The molecule has 0 amide bonds. The number of carbonyl (C=O) groups is 1. The number of benzene rings is 1. The van der Waals surface area contributed by atoms with Crippen LogP contribution < -0.4 is 10.2 Å². The third-order valence-corrected chi connectivity index (χ3v) is 3.68.